The summed E-state index contributed by atoms with van der Waals surface area (Å²) < 4.78 is 0. The van der Waals surface area contributed by atoms with E-state index in [0.29, 0.717) is 5.67 Å². The summed E-state index contributed by atoms with van der Waals surface area (Å²) in [4.78, 5) is 0. The molecule has 0 aliphatic heterocycles. The zero-order valence-corrected chi connectivity index (χ0v) is 23.9. The molecule has 0 amide bonds. The van der Waals surface area contributed by atoms with Crippen molar-refractivity contribution < 1.29 is 0 Å². The fraction of sp³-hybridized carbons (Fsp3) is 0.0345. The van der Waals surface area contributed by atoms with E-state index in [1.165, 1.54) is 0 Å². The van der Waals surface area contributed by atoms with Crippen molar-refractivity contribution in [2.24, 2.45) is 0 Å². The van der Waals surface area contributed by atoms with Gasteiger partial charge in [0.1, 0.15) is 0 Å². The Morgan fingerprint density at radius 1 is 0.457 bits per heavy atom. The van der Waals surface area contributed by atoms with Crippen LogP contribution < -0.4 is 0 Å². The van der Waals surface area contributed by atoms with Gasteiger partial charge < -0.3 is 0 Å². The maximum Gasteiger partial charge on any atom is 0.281 e. The molecule has 0 heterocycles. The van der Waals surface area contributed by atoms with Crippen molar-refractivity contribution in [3.05, 3.63) is 144 Å². The van der Waals surface area contributed by atoms with Crippen molar-refractivity contribution in [3.8, 4) is 0 Å². The highest BCUT2D eigenvalue weighted by molar-refractivity contribution is 7.64. The van der Waals surface area contributed by atoms with Crippen molar-refractivity contribution in [3.63, 3.8) is 0 Å². The van der Waals surface area contributed by atoms with E-state index in [2.05, 4.69) is 12.2 Å². The first-order chi connectivity index (χ1) is 16.9. The monoisotopic (exact) mass is 568 g/mol. The highest BCUT2D eigenvalue weighted by Gasteiger charge is 2.47. The third-order valence-corrected chi connectivity index (χ3v) is 18.9. The zero-order valence-electron chi connectivity index (χ0n) is 18.9. The van der Waals surface area contributed by atoms with Crippen LogP contribution in [0.25, 0.3) is 22.5 Å². The van der Waals surface area contributed by atoms with E-state index in [4.69, 9.17) is 44.3 Å². The number of halogens is 4. The summed E-state index contributed by atoms with van der Waals surface area (Å²) in [5.74, 6) is 0. The van der Waals surface area contributed by atoms with E-state index < -0.39 is 13.4 Å². The Balaban J connectivity index is 1.78. The van der Waals surface area contributed by atoms with Crippen LogP contribution in [0.15, 0.2) is 121 Å². The smallest absolute Gasteiger partial charge is 0.140 e. The van der Waals surface area contributed by atoms with Gasteiger partial charge in [-0.25, -0.2) is 0 Å². The Labute approximate surface area is 228 Å². The van der Waals surface area contributed by atoms with Gasteiger partial charge in [0.25, 0.3) is 13.4 Å². The molecule has 0 atom stereocenters. The van der Waals surface area contributed by atoms with Crippen LogP contribution in [0.4, 0.5) is 0 Å². The molecule has 0 aliphatic rings. The minimum absolute atomic E-state index is 0.341. The lowest BCUT2D eigenvalue weighted by Crippen LogP contribution is -2.35. The maximum atomic E-state index is 7.28. The second-order valence-corrected chi connectivity index (χ2v) is 22.5. The van der Waals surface area contributed by atoms with Gasteiger partial charge in [0.05, 0.1) is 0 Å². The van der Waals surface area contributed by atoms with Crippen LogP contribution in [-0.2, 0) is 0 Å². The van der Waals surface area contributed by atoms with E-state index in [9.17, 15) is 0 Å². The van der Waals surface area contributed by atoms with Crippen molar-refractivity contribution in [2.75, 3.05) is 0 Å². The molecule has 6 heteroatoms. The molecule has 4 rings (SSSR count). The van der Waals surface area contributed by atoms with Crippen molar-refractivity contribution in [1.82, 2.24) is 0 Å². The van der Waals surface area contributed by atoms with Gasteiger partial charge in [-0.3, -0.25) is 0 Å². The summed E-state index contributed by atoms with van der Waals surface area (Å²) in [6.07, 6.45) is 4.14. The van der Waals surface area contributed by atoms with Gasteiger partial charge in [0.15, 0.2) is 0 Å². The Hall–Kier alpha value is -2.05. The first-order valence-electron chi connectivity index (χ1n) is 11.3. The fourth-order valence-electron chi connectivity index (χ4n) is 3.94. The molecule has 0 aromatic heterocycles. The van der Waals surface area contributed by atoms with Gasteiger partial charge in [-0.1, -0.05) is 133 Å². The van der Waals surface area contributed by atoms with Gasteiger partial charge in [-0.2, -0.15) is 0 Å². The van der Waals surface area contributed by atoms with Crippen LogP contribution in [0.1, 0.15) is 22.3 Å². The first-order valence-corrected chi connectivity index (χ1v) is 19.7. The molecular formula is C29H24Cl4Si2. The molecule has 0 unspecified atom stereocenters. The molecule has 0 spiro atoms. The van der Waals surface area contributed by atoms with Crippen LogP contribution in [0, 0.1) is 0 Å². The standard InChI is InChI=1S/C29H24Cl4Si2/c30-34(31,28(26-17-9-3-10-18-26)21-24-13-5-1-6-14-24)23-35(32,33)29(27-19-11-4-12-20-27)22-25-15-7-2-8-16-25/h1-22H,23H2. The SMILES string of the molecule is Cl[Si](Cl)(C[Si](Cl)(Cl)C(=Cc1ccccc1)c1ccccc1)C(=Cc1ccccc1)c1ccccc1. The van der Waals surface area contributed by atoms with E-state index in [0.717, 1.165) is 32.6 Å². The molecule has 0 fully saturated rings. The molecule has 0 nitrogen and oxygen atoms in total. The Bertz CT molecular complexity index is 1180. The molecule has 0 bridgehead atoms. The minimum Gasteiger partial charge on any atom is -0.140 e. The van der Waals surface area contributed by atoms with Gasteiger partial charge >= 0.3 is 0 Å². The van der Waals surface area contributed by atoms with Crippen LogP contribution in [-0.4, -0.2) is 13.4 Å². The van der Waals surface area contributed by atoms with E-state index in [1.54, 1.807) is 0 Å². The van der Waals surface area contributed by atoms with E-state index in [-0.39, 0.29) is 0 Å². The fourth-order valence-corrected chi connectivity index (χ4v) is 21.3. The lowest BCUT2D eigenvalue weighted by atomic mass is 10.1. The topological polar surface area (TPSA) is 0 Å². The Kier molecular flexibility index (Phi) is 8.77. The molecule has 0 saturated carbocycles. The Morgan fingerprint density at radius 2 is 0.743 bits per heavy atom. The third kappa shape index (κ3) is 7.01. The molecule has 0 aliphatic carbocycles. The predicted molar refractivity (Wildman–Crippen MR) is 161 cm³/mol. The molecule has 4 aromatic rings. The maximum absolute atomic E-state index is 7.28. The molecular weight excluding hydrogens is 546 g/mol. The van der Waals surface area contributed by atoms with Gasteiger partial charge in [0, 0.05) is 0 Å². The third-order valence-electron chi connectivity index (χ3n) is 5.62. The zero-order chi connectivity index (χ0) is 24.7. The predicted octanol–water partition coefficient (Wildman–Crippen LogP) is 9.93. The second kappa shape index (κ2) is 11.8. The highest BCUT2D eigenvalue weighted by atomic mass is 35.7. The summed E-state index contributed by atoms with van der Waals surface area (Å²) in [5.41, 5.74) is 4.37. The van der Waals surface area contributed by atoms with Gasteiger partial charge in [0.2, 0.25) is 0 Å². The molecule has 0 N–H and O–H groups in total. The average molecular weight is 570 g/mol. The van der Waals surface area contributed by atoms with Crippen LogP contribution >= 0.6 is 44.3 Å². The molecule has 0 saturated heterocycles. The van der Waals surface area contributed by atoms with Gasteiger partial charge in [-0.05, 0) is 38.3 Å². The van der Waals surface area contributed by atoms with Crippen LogP contribution in [0.3, 0.4) is 0 Å². The van der Waals surface area contributed by atoms with Crippen molar-refractivity contribution in [2.45, 2.75) is 5.67 Å². The number of hydrogen-bond acceptors (Lipinski definition) is 0. The Morgan fingerprint density at radius 3 is 1.06 bits per heavy atom. The highest BCUT2D eigenvalue weighted by Crippen LogP contribution is 2.47. The summed E-state index contributed by atoms with van der Waals surface area (Å²) in [6, 6.07) is 40.2. The van der Waals surface area contributed by atoms with E-state index >= 15 is 0 Å². The van der Waals surface area contributed by atoms with Crippen LogP contribution in [0.5, 0.6) is 0 Å². The quantitative estimate of drug-likeness (QED) is 0.112. The van der Waals surface area contributed by atoms with Gasteiger partial charge in [-0.15, -0.1) is 44.3 Å². The van der Waals surface area contributed by atoms with Crippen molar-refractivity contribution >= 4 is 80.2 Å². The molecule has 4 aromatic carbocycles. The second-order valence-electron chi connectivity index (χ2n) is 8.26. The summed E-state index contributed by atoms with van der Waals surface area (Å²) >= 11 is 29.1. The molecule has 0 radical (unpaired) electrons. The number of rotatable bonds is 8. The molecule has 176 valence electrons. The van der Waals surface area contributed by atoms with Crippen molar-refractivity contribution in [1.29, 1.82) is 0 Å². The van der Waals surface area contributed by atoms with E-state index in [1.807, 2.05) is 121 Å². The normalized spacial score (nSPS) is 13.0. The average Bonchev–Trinajstić information content (AvgIpc) is 2.87. The summed E-state index contributed by atoms with van der Waals surface area (Å²) in [6.45, 7) is -6.28. The minimum atomic E-state index is -3.14. The number of hydrogen-bond donors (Lipinski definition) is 0. The van der Waals surface area contributed by atoms with Crippen LogP contribution in [0.2, 0.25) is 5.67 Å². The summed E-state index contributed by atoms with van der Waals surface area (Å²) in [7, 11) is 0. The first kappa shape index (κ1) is 26.0. The molecule has 35 heavy (non-hydrogen) atoms. The lowest BCUT2D eigenvalue weighted by molar-refractivity contribution is 1.62. The lowest BCUT2D eigenvalue weighted by Gasteiger charge is -2.29. The number of benzene rings is 4. The largest absolute Gasteiger partial charge is 0.281 e. The summed E-state index contributed by atoms with van der Waals surface area (Å²) in [5, 5.41) is 1.80.